The maximum atomic E-state index is 9.25. The Morgan fingerprint density at radius 2 is 2.00 bits per heavy atom. The zero-order chi connectivity index (χ0) is 10.8. The van der Waals surface area contributed by atoms with Crippen LogP contribution in [0.15, 0.2) is 0 Å². The van der Waals surface area contributed by atoms with Gasteiger partial charge in [-0.25, -0.2) is 0 Å². The van der Waals surface area contributed by atoms with Crippen LogP contribution in [0.5, 0.6) is 0 Å². The first kappa shape index (κ1) is 11.7. The number of hydrogen-bond acceptors (Lipinski definition) is 3. The van der Waals surface area contributed by atoms with E-state index >= 15 is 0 Å². The molecule has 0 aliphatic heterocycles. The molecular weight excluding hydrogens is 194 g/mol. The van der Waals surface area contributed by atoms with Crippen molar-refractivity contribution in [2.24, 2.45) is 5.92 Å². The highest BCUT2D eigenvalue weighted by atomic mass is 28.4. The predicted octanol–water partition coefficient (Wildman–Crippen LogP) is 2.16. The van der Waals surface area contributed by atoms with Crippen LogP contribution in [0.2, 0.25) is 19.6 Å². The minimum Gasteiger partial charge on any atom is -0.398 e. The lowest BCUT2D eigenvalue weighted by Gasteiger charge is -2.33. The predicted molar refractivity (Wildman–Crippen MR) is 57.4 cm³/mol. The lowest BCUT2D eigenvalue weighted by molar-refractivity contribution is 0.0101. The SMILES string of the molecule is COCC(C#N)(O[Si](C)(C)C)C1CC1. The highest BCUT2D eigenvalue weighted by Gasteiger charge is 2.49. The third kappa shape index (κ3) is 2.81. The van der Waals surface area contributed by atoms with Crippen molar-refractivity contribution in [1.29, 1.82) is 5.26 Å². The molecule has 0 radical (unpaired) electrons. The van der Waals surface area contributed by atoms with Gasteiger partial charge in [0.2, 0.25) is 0 Å². The van der Waals surface area contributed by atoms with Gasteiger partial charge in [0.15, 0.2) is 13.9 Å². The Bertz CT molecular complexity index is 239. The number of nitriles is 1. The van der Waals surface area contributed by atoms with Crippen LogP contribution in [0, 0.1) is 17.2 Å². The Labute approximate surface area is 87.1 Å². The molecule has 3 nitrogen and oxygen atoms in total. The van der Waals surface area contributed by atoms with Crippen molar-refractivity contribution in [2.75, 3.05) is 13.7 Å². The van der Waals surface area contributed by atoms with Gasteiger partial charge in [0.1, 0.15) is 0 Å². The molecule has 1 rings (SSSR count). The van der Waals surface area contributed by atoms with Crippen LogP contribution in [-0.4, -0.2) is 27.6 Å². The van der Waals surface area contributed by atoms with Crippen LogP contribution in [-0.2, 0) is 9.16 Å². The van der Waals surface area contributed by atoms with E-state index < -0.39 is 13.9 Å². The van der Waals surface area contributed by atoms with Crippen LogP contribution < -0.4 is 0 Å². The monoisotopic (exact) mass is 213 g/mol. The smallest absolute Gasteiger partial charge is 0.186 e. The highest BCUT2D eigenvalue weighted by molar-refractivity contribution is 6.69. The van der Waals surface area contributed by atoms with E-state index in [0.717, 1.165) is 12.8 Å². The Kier molecular flexibility index (Phi) is 3.35. The second kappa shape index (κ2) is 4.01. The number of ether oxygens (including phenoxy) is 1. The molecule has 0 bridgehead atoms. The Hall–Kier alpha value is -0.373. The average Bonchev–Trinajstić information content (AvgIpc) is 2.83. The van der Waals surface area contributed by atoms with Crippen LogP contribution in [0.25, 0.3) is 0 Å². The fraction of sp³-hybridized carbons (Fsp3) is 0.900. The van der Waals surface area contributed by atoms with E-state index in [4.69, 9.17) is 9.16 Å². The number of nitrogens with zero attached hydrogens (tertiary/aromatic N) is 1. The highest BCUT2D eigenvalue weighted by Crippen LogP contribution is 2.43. The summed E-state index contributed by atoms with van der Waals surface area (Å²) in [7, 11) is -0.0491. The van der Waals surface area contributed by atoms with Gasteiger partial charge in [0, 0.05) is 13.0 Å². The molecule has 1 unspecified atom stereocenters. The summed E-state index contributed by atoms with van der Waals surface area (Å²) >= 11 is 0. The first-order chi connectivity index (χ1) is 6.43. The summed E-state index contributed by atoms with van der Waals surface area (Å²) in [5, 5.41) is 9.25. The van der Waals surface area contributed by atoms with E-state index in [0.29, 0.717) is 12.5 Å². The van der Waals surface area contributed by atoms with E-state index in [1.54, 1.807) is 7.11 Å². The molecule has 0 heterocycles. The van der Waals surface area contributed by atoms with Gasteiger partial charge < -0.3 is 9.16 Å². The maximum absolute atomic E-state index is 9.25. The van der Waals surface area contributed by atoms with E-state index in [2.05, 4.69) is 25.7 Å². The van der Waals surface area contributed by atoms with E-state index in [1.165, 1.54) is 0 Å². The van der Waals surface area contributed by atoms with Crippen molar-refractivity contribution in [3.8, 4) is 6.07 Å². The normalized spacial score (nSPS) is 21.4. The lowest BCUT2D eigenvalue weighted by atomic mass is 10.0. The van der Waals surface area contributed by atoms with Crippen LogP contribution in [0.3, 0.4) is 0 Å². The molecule has 0 spiro atoms. The van der Waals surface area contributed by atoms with Crippen molar-refractivity contribution >= 4 is 8.32 Å². The zero-order valence-electron chi connectivity index (χ0n) is 9.46. The molecule has 1 aliphatic rings. The third-order valence-electron chi connectivity index (χ3n) is 2.27. The van der Waals surface area contributed by atoms with Crippen molar-refractivity contribution < 1.29 is 9.16 Å². The molecule has 1 fully saturated rings. The Morgan fingerprint density at radius 3 is 2.29 bits per heavy atom. The summed E-state index contributed by atoms with van der Waals surface area (Å²) in [5.74, 6) is 0.388. The van der Waals surface area contributed by atoms with Gasteiger partial charge in [-0.1, -0.05) is 0 Å². The first-order valence-electron chi connectivity index (χ1n) is 5.04. The quantitative estimate of drug-likeness (QED) is 0.657. The van der Waals surface area contributed by atoms with Crippen LogP contribution in [0.4, 0.5) is 0 Å². The topological polar surface area (TPSA) is 42.2 Å². The van der Waals surface area contributed by atoms with Crippen molar-refractivity contribution in [2.45, 2.75) is 38.1 Å². The number of rotatable bonds is 5. The lowest BCUT2D eigenvalue weighted by Crippen LogP contribution is -2.46. The summed E-state index contributed by atoms with van der Waals surface area (Å²) in [6.07, 6.45) is 2.20. The average molecular weight is 213 g/mol. The van der Waals surface area contributed by atoms with Gasteiger partial charge in [0.25, 0.3) is 0 Å². The van der Waals surface area contributed by atoms with Crippen LogP contribution in [0.1, 0.15) is 12.8 Å². The molecule has 0 N–H and O–H groups in total. The molecule has 80 valence electrons. The molecule has 0 aromatic rings. The van der Waals surface area contributed by atoms with E-state index in [-0.39, 0.29) is 0 Å². The van der Waals surface area contributed by atoms with Crippen molar-refractivity contribution in [3.05, 3.63) is 0 Å². The molecule has 0 saturated heterocycles. The van der Waals surface area contributed by atoms with Crippen molar-refractivity contribution in [3.63, 3.8) is 0 Å². The van der Waals surface area contributed by atoms with Gasteiger partial charge in [-0.2, -0.15) is 5.26 Å². The number of hydrogen-bond donors (Lipinski definition) is 0. The summed E-state index contributed by atoms with van der Waals surface area (Å²) < 4.78 is 11.1. The standard InChI is InChI=1S/C10H19NO2Si/c1-12-8-10(7-11,9-5-6-9)13-14(2,3)4/h9H,5-6,8H2,1-4H3. The summed E-state index contributed by atoms with van der Waals surface area (Å²) in [4.78, 5) is 0. The Balaban J connectivity index is 2.74. The van der Waals surface area contributed by atoms with Gasteiger partial charge in [-0.15, -0.1) is 0 Å². The van der Waals surface area contributed by atoms with Gasteiger partial charge in [0.05, 0.1) is 12.7 Å². The number of methoxy groups -OCH3 is 1. The third-order valence-corrected chi connectivity index (χ3v) is 3.25. The largest absolute Gasteiger partial charge is 0.398 e. The summed E-state index contributed by atoms with van der Waals surface area (Å²) in [5.41, 5.74) is -0.667. The second-order valence-corrected chi connectivity index (χ2v) is 9.35. The van der Waals surface area contributed by atoms with Crippen molar-refractivity contribution in [1.82, 2.24) is 0 Å². The van der Waals surface area contributed by atoms with E-state index in [1.807, 2.05) is 0 Å². The molecular formula is C10H19NO2Si. The maximum Gasteiger partial charge on any atom is 0.186 e. The van der Waals surface area contributed by atoms with Gasteiger partial charge in [-0.3, -0.25) is 0 Å². The summed E-state index contributed by atoms with van der Waals surface area (Å²) in [6.45, 7) is 6.73. The molecule has 0 amide bonds. The fourth-order valence-electron chi connectivity index (χ4n) is 1.69. The van der Waals surface area contributed by atoms with Gasteiger partial charge in [-0.05, 0) is 32.5 Å². The van der Waals surface area contributed by atoms with E-state index in [9.17, 15) is 5.26 Å². The van der Waals surface area contributed by atoms with Crippen LogP contribution >= 0.6 is 0 Å². The minimum absolute atomic E-state index is 0.388. The molecule has 0 aromatic heterocycles. The molecule has 0 aromatic carbocycles. The summed E-state index contributed by atoms with van der Waals surface area (Å²) in [6, 6.07) is 2.32. The first-order valence-corrected chi connectivity index (χ1v) is 8.45. The molecule has 14 heavy (non-hydrogen) atoms. The zero-order valence-corrected chi connectivity index (χ0v) is 10.5. The molecule has 1 saturated carbocycles. The van der Waals surface area contributed by atoms with Gasteiger partial charge >= 0.3 is 0 Å². The minimum atomic E-state index is -1.68. The molecule has 1 atom stereocenters. The second-order valence-electron chi connectivity index (χ2n) is 4.92. The molecule has 1 aliphatic carbocycles. The molecule has 4 heteroatoms. The Morgan fingerprint density at radius 1 is 1.43 bits per heavy atom. The fourth-order valence-corrected chi connectivity index (χ4v) is 3.05.